The standard InChI is InChI=1S/C13H16ClNO2S/c1-17-11-6-5-9(8-10(11)14)15-13(16)12-4-2-3-7-18-12/h5-6,8,12H,2-4,7H2,1H3,(H,15,16). The molecule has 18 heavy (non-hydrogen) atoms. The van der Waals surface area contributed by atoms with Crippen LogP contribution < -0.4 is 10.1 Å². The maximum atomic E-state index is 12.0. The minimum Gasteiger partial charge on any atom is -0.495 e. The summed E-state index contributed by atoms with van der Waals surface area (Å²) in [6.07, 6.45) is 3.30. The second-order valence-electron chi connectivity index (χ2n) is 4.19. The van der Waals surface area contributed by atoms with Crippen LogP contribution in [0, 0.1) is 0 Å². The number of hydrogen-bond acceptors (Lipinski definition) is 3. The third-order valence-corrected chi connectivity index (χ3v) is 4.56. The van der Waals surface area contributed by atoms with Gasteiger partial charge in [0.1, 0.15) is 5.75 Å². The average Bonchev–Trinajstić information content (AvgIpc) is 2.40. The zero-order valence-corrected chi connectivity index (χ0v) is 11.8. The van der Waals surface area contributed by atoms with Crippen LogP contribution in [0.1, 0.15) is 19.3 Å². The van der Waals surface area contributed by atoms with Crippen molar-refractivity contribution in [2.24, 2.45) is 0 Å². The van der Waals surface area contributed by atoms with E-state index < -0.39 is 0 Å². The lowest BCUT2D eigenvalue weighted by atomic mass is 10.2. The van der Waals surface area contributed by atoms with Crippen LogP contribution in [-0.2, 0) is 4.79 Å². The van der Waals surface area contributed by atoms with E-state index in [0.717, 1.165) is 24.3 Å². The summed E-state index contributed by atoms with van der Waals surface area (Å²) in [5.41, 5.74) is 0.719. The lowest BCUT2D eigenvalue weighted by molar-refractivity contribution is -0.115. The number of anilines is 1. The van der Waals surface area contributed by atoms with Gasteiger partial charge in [-0.1, -0.05) is 18.0 Å². The van der Waals surface area contributed by atoms with Gasteiger partial charge in [-0.15, -0.1) is 11.8 Å². The molecule has 1 heterocycles. The lowest BCUT2D eigenvalue weighted by Crippen LogP contribution is -2.27. The highest BCUT2D eigenvalue weighted by molar-refractivity contribution is 8.00. The second-order valence-corrected chi connectivity index (χ2v) is 5.91. The Hall–Kier alpha value is -0.870. The number of rotatable bonds is 3. The number of carbonyl (C=O) groups is 1. The van der Waals surface area contributed by atoms with Gasteiger partial charge in [-0.3, -0.25) is 4.79 Å². The highest BCUT2D eigenvalue weighted by Gasteiger charge is 2.21. The predicted octanol–water partition coefficient (Wildman–Crippen LogP) is 3.57. The fourth-order valence-corrected chi connectivity index (χ4v) is 3.37. The quantitative estimate of drug-likeness (QED) is 0.923. The molecule has 1 N–H and O–H groups in total. The SMILES string of the molecule is COc1ccc(NC(=O)C2CCCCS2)cc1Cl. The van der Waals surface area contributed by atoms with E-state index in [2.05, 4.69) is 5.32 Å². The van der Waals surface area contributed by atoms with E-state index in [-0.39, 0.29) is 11.2 Å². The molecule has 1 aromatic rings. The maximum absolute atomic E-state index is 12.0. The molecule has 2 rings (SSSR count). The Morgan fingerprint density at radius 3 is 2.94 bits per heavy atom. The first-order chi connectivity index (χ1) is 8.70. The number of halogens is 1. The monoisotopic (exact) mass is 285 g/mol. The third kappa shape index (κ3) is 3.33. The van der Waals surface area contributed by atoms with Gasteiger partial charge < -0.3 is 10.1 Å². The molecule has 1 aliphatic heterocycles. The van der Waals surface area contributed by atoms with Crippen molar-refractivity contribution in [1.29, 1.82) is 0 Å². The third-order valence-electron chi connectivity index (χ3n) is 2.89. The number of methoxy groups -OCH3 is 1. The molecule has 1 amide bonds. The Labute approximate surface area is 116 Å². The molecule has 0 aliphatic carbocycles. The van der Waals surface area contributed by atoms with E-state index in [9.17, 15) is 4.79 Å². The van der Waals surface area contributed by atoms with E-state index >= 15 is 0 Å². The van der Waals surface area contributed by atoms with Crippen LogP contribution in [0.2, 0.25) is 5.02 Å². The molecular weight excluding hydrogens is 270 g/mol. The fourth-order valence-electron chi connectivity index (χ4n) is 1.91. The van der Waals surface area contributed by atoms with Gasteiger partial charge in [0.15, 0.2) is 0 Å². The number of thioether (sulfide) groups is 1. The Morgan fingerprint density at radius 2 is 2.33 bits per heavy atom. The largest absolute Gasteiger partial charge is 0.495 e. The van der Waals surface area contributed by atoms with Gasteiger partial charge in [-0.05, 0) is 36.8 Å². The summed E-state index contributed by atoms with van der Waals surface area (Å²) >= 11 is 7.75. The summed E-state index contributed by atoms with van der Waals surface area (Å²) in [5, 5.41) is 3.48. The Balaban J connectivity index is 2.00. The second kappa shape index (κ2) is 6.34. The number of amides is 1. The highest BCUT2D eigenvalue weighted by atomic mass is 35.5. The number of ether oxygens (including phenoxy) is 1. The summed E-state index contributed by atoms with van der Waals surface area (Å²) in [6.45, 7) is 0. The molecule has 0 saturated carbocycles. The van der Waals surface area contributed by atoms with Crippen molar-refractivity contribution in [2.75, 3.05) is 18.2 Å². The van der Waals surface area contributed by atoms with E-state index in [1.54, 1.807) is 37.1 Å². The first-order valence-electron chi connectivity index (χ1n) is 5.96. The minimum absolute atomic E-state index is 0.0691. The van der Waals surface area contributed by atoms with Crippen molar-refractivity contribution < 1.29 is 9.53 Å². The molecule has 0 radical (unpaired) electrons. The lowest BCUT2D eigenvalue weighted by Gasteiger charge is -2.20. The Bertz CT molecular complexity index is 433. The topological polar surface area (TPSA) is 38.3 Å². The maximum Gasteiger partial charge on any atom is 0.237 e. The average molecular weight is 286 g/mol. The predicted molar refractivity (Wildman–Crippen MR) is 76.7 cm³/mol. The number of carbonyl (C=O) groups excluding carboxylic acids is 1. The summed E-state index contributed by atoms with van der Waals surface area (Å²) in [6, 6.07) is 5.27. The molecule has 0 aromatic heterocycles. The molecule has 1 aromatic carbocycles. The minimum atomic E-state index is 0.0691. The van der Waals surface area contributed by atoms with E-state index in [0.29, 0.717) is 10.8 Å². The fraction of sp³-hybridized carbons (Fsp3) is 0.462. The van der Waals surface area contributed by atoms with Gasteiger partial charge >= 0.3 is 0 Å². The van der Waals surface area contributed by atoms with Crippen LogP contribution in [0.15, 0.2) is 18.2 Å². The summed E-state index contributed by atoms with van der Waals surface area (Å²) in [7, 11) is 1.57. The van der Waals surface area contributed by atoms with Crippen LogP contribution in [0.5, 0.6) is 5.75 Å². The number of nitrogens with one attached hydrogen (secondary N) is 1. The van der Waals surface area contributed by atoms with Crippen molar-refractivity contribution in [3.8, 4) is 5.75 Å². The van der Waals surface area contributed by atoms with Crippen LogP contribution in [-0.4, -0.2) is 24.0 Å². The van der Waals surface area contributed by atoms with E-state index in [1.807, 2.05) is 0 Å². The first kappa shape index (κ1) is 13.6. The molecule has 98 valence electrons. The zero-order valence-electron chi connectivity index (χ0n) is 10.2. The number of hydrogen-bond donors (Lipinski definition) is 1. The van der Waals surface area contributed by atoms with Crippen molar-refractivity contribution >= 4 is 35.0 Å². The van der Waals surface area contributed by atoms with E-state index in [1.165, 1.54) is 6.42 Å². The van der Waals surface area contributed by atoms with Gasteiger partial charge in [-0.2, -0.15) is 0 Å². The molecular formula is C13H16ClNO2S. The van der Waals surface area contributed by atoms with Crippen LogP contribution >= 0.6 is 23.4 Å². The summed E-state index contributed by atoms with van der Waals surface area (Å²) in [5.74, 6) is 1.75. The Morgan fingerprint density at radius 1 is 1.50 bits per heavy atom. The molecule has 1 atom stereocenters. The van der Waals surface area contributed by atoms with Crippen molar-refractivity contribution in [2.45, 2.75) is 24.5 Å². The molecule has 5 heteroatoms. The van der Waals surface area contributed by atoms with Gasteiger partial charge in [0.25, 0.3) is 0 Å². The zero-order chi connectivity index (χ0) is 13.0. The summed E-state index contributed by atoms with van der Waals surface area (Å²) < 4.78 is 5.07. The van der Waals surface area contributed by atoms with Crippen LogP contribution in [0.4, 0.5) is 5.69 Å². The molecule has 3 nitrogen and oxygen atoms in total. The normalized spacial score (nSPS) is 19.3. The van der Waals surface area contributed by atoms with Crippen molar-refractivity contribution in [3.63, 3.8) is 0 Å². The molecule has 0 spiro atoms. The Kier molecular flexibility index (Phi) is 4.78. The molecule has 1 fully saturated rings. The molecule has 1 aliphatic rings. The van der Waals surface area contributed by atoms with Gasteiger partial charge in [0.05, 0.1) is 17.4 Å². The van der Waals surface area contributed by atoms with Gasteiger partial charge in [0.2, 0.25) is 5.91 Å². The van der Waals surface area contributed by atoms with Crippen molar-refractivity contribution in [1.82, 2.24) is 0 Å². The molecule has 1 saturated heterocycles. The smallest absolute Gasteiger partial charge is 0.237 e. The van der Waals surface area contributed by atoms with Crippen LogP contribution in [0.25, 0.3) is 0 Å². The van der Waals surface area contributed by atoms with Gasteiger partial charge in [0, 0.05) is 5.69 Å². The number of benzene rings is 1. The van der Waals surface area contributed by atoms with Crippen LogP contribution in [0.3, 0.4) is 0 Å². The first-order valence-corrected chi connectivity index (χ1v) is 7.39. The highest BCUT2D eigenvalue weighted by Crippen LogP contribution is 2.29. The van der Waals surface area contributed by atoms with Gasteiger partial charge in [-0.25, -0.2) is 0 Å². The van der Waals surface area contributed by atoms with Crippen molar-refractivity contribution in [3.05, 3.63) is 23.2 Å². The molecule has 0 bridgehead atoms. The van der Waals surface area contributed by atoms with E-state index in [4.69, 9.17) is 16.3 Å². The molecule has 1 unspecified atom stereocenters. The summed E-state index contributed by atoms with van der Waals surface area (Å²) in [4.78, 5) is 12.0.